The van der Waals surface area contributed by atoms with Crippen LogP contribution < -0.4 is 5.73 Å². The van der Waals surface area contributed by atoms with E-state index in [4.69, 9.17) is 28.9 Å². The molecule has 23 heavy (non-hydrogen) atoms. The summed E-state index contributed by atoms with van der Waals surface area (Å²) in [4.78, 5) is 5.24. The van der Waals surface area contributed by atoms with Crippen molar-refractivity contribution < 1.29 is 0 Å². The molecule has 0 saturated carbocycles. The summed E-state index contributed by atoms with van der Waals surface area (Å²) in [6.45, 7) is 0. The normalized spacial score (nSPS) is 10.5. The molecule has 0 fully saturated rings. The summed E-state index contributed by atoms with van der Waals surface area (Å²) in [5.74, 6) is 0.176. The standard InChI is InChI=1S/C16H8BrCl2N3S/c17-8-3-15(23-7-8)11-5-14(22-16(21)12(11)6-20)10-2-1-9(18)4-13(10)19/h1-5,7H,(H2,21,22). The van der Waals surface area contributed by atoms with Gasteiger partial charge in [-0.2, -0.15) is 5.26 Å². The summed E-state index contributed by atoms with van der Waals surface area (Å²) in [5.41, 5.74) is 8.38. The Morgan fingerprint density at radius 3 is 2.57 bits per heavy atom. The third kappa shape index (κ3) is 3.22. The average Bonchev–Trinajstić information content (AvgIpc) is 2.93. The summed E-state index contributed by atoms with van der Waals surface area (Å²) in [5, 5.41) is 12.4. The van der Waals surface area contributed by atoms with Crippen molar-refractivity contribution in [3.05, 3.63) is 55.8 Å². The first-order chi connectivity index (χ1) is 11.0. The molecule has 0 aliphatic carbocycles. The van der Waals surface area contributed by atoms with Crippen molar-refractivity contribution in [2.75, 3.05) is 5.73 Å². The molecule has 0 spiro atoms. The van der Waals surface area contributed by atoms with E-state index in [0.717, 1.165) is 14.9 Å². The Bertz CT molecular complexity index is 947. The first-order valence-corrected chi connectivity index (χ1v) is 8.83. The summed E-state index contributed by atoms with van der Waals surface area (Å²) >= 11 is 17.1. The van der Waals surface area contributed by atoms with Crippen molar-refractivity contribution in [2.45, 2.75) is 0 Å². The van der Waals surface area contributed by atoms with E-state index in [1.54, 1.807) is 18.2 Å². The summed E-state index contributed by atoms with van der Waals surface area (Å²) in [6.07, 6.45) is 0. The van der Waals surface area contributed by atoms with E-state index in [2.05, 4.69) is 27.0 Å². The molecule has 0 saturated heterocycles. The Labute approximate surface area is 155 Å². The molecule has 3 rings (SSSR count). The Balaban J connectivity index is 2.24. The predicted molar refractivity (Wildman–Crippen MR) is 99.8 cm³/mol. The Kier molecular flexibility index (Phi) is 4.60. The molecule has 0 atom stereocenters. The van der Waals surface area contributed by atoms with Gasteiger partial charge in [0.1, 0.15) is 17.5 Å². The maximum atomic E-state index is 9.40. The summed E-state index contributed by atoms with van der Waals surface area (Å²) < 4.78 is 0.947. The van der Waals surface area contributed by atoms with Crippen LogP contribution in [0.5, 0.6) is 0 Å². The van der Waals surface area contributed by atoms with Crippen LogP contribution in [0.2, 0.25) is 10.0 Å². The molecule has 0 aliphatic heterocycles. The monoisotopic (exact) mass is 423 g/mol. The SMILES string of the molecule is N#Cc1c(-c2cc(Br)cs2)cc(-c2ccc(Cl)cc2Cl)nc1N. The highest BCUT2D eigenvalue weighted by atomic mass is 79.9. The zero-order chi connectivity index (χ0) is 16.6. The number of anilines is 1. The Hall–Kier alpha value is -1.58. The highest BCUT2D eigenvalue weighted by molar-refractivity contribution is 9.10. The van der Waals surface area contributed by atoms with Gasteiger partial charge in [0.25, 0.3) is 0 Å². The minimum absolute atomic E-state index is 0.176. The minimum Gasteiger partial charge on any atom is -0.383 e. The van der Waals surface area contributed by atoms with Crippen LogP contribution in [0.4, 0.5) is 5.82 Å². The van der Waals surface area contributed by atoms with Gasteiger partial charge in [0, 0.05) is 30.9 Å². The van der Waals surface area contributed by atoms with Crippen LogP contribution >= 0.6 is 50.5 Å². The fraction of sp³-hybridized carbons (Fsp3) is 0. The minimum atomic E-state index is 0.176. The van der Waals surface area contributed by atoms with Crippen LogP contribution in [-0.2, 0) is 0 Å². The van der Waals surface area contributed by atoms with Crippen molar-refractivity contribution in [1.82, 2.24) is 4.98 Å². The highest BCUT2D eigenvalue weighted by Crippen LogP contribution is 2.37. The first-order valence-electron chi connectivity index (χ1n) is 6.40. The lowest BCUT2D eigenvalue weighted by Crippen LogP contribution is -1.99. The number of aromatic nitrogens is 1. The topological polar surface area (TPSA) is 62.7 Å². The number of nitrogen functional groups attached to an aromatic ring is 1. The second-order valence-corrected chi connectivity index (χ2v) is 7.35. The molecule has 2 aromatic heterocycles. The molecular formula is C16H8BrCl2N3S. The molecule has 3 aromatic rings. The van der Waals surface area contributed by atoms with Gasteiger partial charge in [-0.25, -0.2) is 4.98 Å². The molecule has 2 N–H and O–H groups in total. The van der Waals surface area contributed by atoms with Gasteiger partial charge in [-0.1, -0.05) is 23.2 Å². The fourth-order valence-corrected chi connectivity index (χ4v) is 4.12. The lowest BCUT2D eigenvalue weighted by molar-refractivity contribution is 1.31. The third-order valence-electron chi connectivity index (χ3n) is 3.20. The van der Waals surface area contributed by atoms with Crippen molar-refractivity contribution >= 4 is 56.3 Å². The van der Waals surface area contributed by atoms with E-state index in [9.17, 15) is 5.26 Å². The number of nitrogens with zero attached hydrogens (tertiary/aromatic N) is 2. The van der Waals surface area contributed by atoms with Gasteiger partial charge < -0.3 is 5.73 Å². The Morgan fingerprint density at radius 2 is 1.96 bits per heavy atom. The lowest BCUT2D eigenvalue weighted by atomic mass is 10.0. The van der Waals surface area contributed by atoms with Gasteiger partial charge in [0.15, 0.2) is 0 Å². The van der Waals surface area contributed by atoms with Gasteiger partial charge in [0.2, 0.25) is 0 Å². The zero-order valence-electron chi connectivity index (χ0n) is 11.5. The largest absolute Gasteiger partial charge is 0.383 e. The van der Waals surface area contributed by atoms with Crippen molar-refractivity contribution in [3.8, 4) is 27.8 Å². The quantitative estimate of drug-likeness (QED) is 0.548. The number of benzene rings is 1. The zero-order valence-corrected chi connectivity index (χ0v) is 15.4. The molecule has 0 amide bonds. The molecule has 0 unspecified atom stereocenters. The first kappa shape index (κ1) is 16.3. The predicted octanol–water partition coefficient (Wildman–Crippen LogP) is 6.00. The van der Waals surface area contributed by atoms with Crippen molar-refractivity contribution in [1.29, 1.82) is 5.26 Å². The average molecular weight is 425 g/mol. The van der Waals surface area contributed by atoms with E-state index in [-0.39, 0.29) is 5.82 Å². The van der Waals surface area contributed by atoms with E-state index in [0.29, 0.717) is 26.9 Å². The maximum Gasteiger partial charge on any atom is 0.142 e. The van der Waals surface area contributed by atoms with Gasteiger partial charge in [-0.15, -0.1) is 11.3 Å². The number of nitriles is 1. The molecule has 2 heterocycles. The number of halogens is 3. The van der Waals surface area contributed by atoms with E-state index < -0.39 is 0 Å². The molecule has 0 radical (unpaired) electrons. The lowest BCUT2D eigenvalue weighted by Gasteiger charge is -2.10. The van der Waals surface area contributed by atoms with Crippen LogP contribution in [0.1, 0.15) is 5.56 Å². The fourth-order valence-electron chi connectivity index (χ4n) is 2.17. The number of hydrogen-bond acceptors (Lipinski definition) is 4. The summed E-state index contributed by atoms with van der Waals surface area (Å²) in [7, 11) is 0. The van der Waals surface area contributed by atoms with Crippen LogP contribution in [0, 0.1) is 11.3 Å². The molecular weight excluding hydrogens is 417 g/mol. The maximum absolute atomic E-state index is 9.40. The Morgan fingerprint density at radius 1 is 1.17 bits per heavy atom. The van der Waals surface area contributed by atoms with Crippen molar-refractivity contribution in [3.63, 3.8) is 0 Å². The van der Waals surface area contributed by atoms with Gasteiger partial charge in [0.05, 0.1) is 10.7 Å². The third-order valence-corrected chi connectivity index (χ3v) is 5.47. The van der Waals surface area contributed by atoms with Gasteiger partial charge in [-0.3, -0.25) is 0 Å². The number of pyridine rings is 1. The van der Waals surface area contributed by atoms with Crippen LogP contribution in [0.15, 0.2) is 40.2 Å². The van der Waals surface area contributed by atoms with E-state index >= 15 is 0 Å². The summed E-state index contributed by atoms with van der Waals surface area (Å²) in [6, 6.07) is 11.1. The van der Waals surface area contributed by atoms with Gasteiger partial charge >= 0.3 is 0 Å². The number of thiophene rings is 1. The second-order valence-electron chi connectivity index (χ2n) is 4.68. The van der Waals surface area contributed by atoms with Crippen LogP contribution in [-0.4, -0.2) is 4.98 Å². The van der Waals surface area contributed by atoms with Crippen molar-refractivity contribution in [2.24, 2.45) is 0 Å². The van der Waals surface area contributed by atoms with Crippen LogP contribution in [0.3, 0.4) is 0 Å². The van der Waals surface area contributed by atoms with Crippen LogP contribution in [0.25, 0.3) is 21.7 Å². The molecule has 3 nitrogen and oxygen atoms in total. The smallest absolute Gasteiger partial charge is 0.142 e. The van der Waals surface area contributed by atoms with E-state index in [1.807, 2.05) is 17.5 Å². The number of rotatable bonds is 2. The molecule has 0 bridgehead atoms. The molecule has 1 aromatic carbocycles. The van der Waals surface area contributed by atoms with Gasteiger partial charge in [-0.05, 0) is 46.3 Å². The second kappa shape index (κ2) is 6.50. The number of hydrogen-bond donors (Lipinski definition) is 1. The number of nitrogens with two attached hydrogens (primary N) is 1. The molecule has 0 aliphatic rings. The molecule has 114 valence electrons. The van der Waals surface area contributed by atoms with E-state index in [1.165, 1.54) is 11.3 Å². The molecule has 7 heteroatoms. The highest BCUT2D eigenvalue weighted by Gasteiger charge is 2.16.